The highest BCUT2D eigenvalue weighted by Gasteiger charge is 2.21. The third kappa shape index (κ3) is 1.13. The Bertz CT molecular complexity index is 443. The molecule has 1 aliphatic rings. The smallest absolute Gasteiger partial charge is 0.0923 e. The number of hydrogen-bond acceptors (Lipinski definition) is 2. The first kappa shape index (κ1) is 8.00. The van der Waals surface area contributed by atoms with Crippen molar-refractivity contribution in [2.24, 2.45) is 0 Å². The number of rotatable bonds is 1. The molecular weight excluding hydrogens is 176 g/mol. The predicted octanol–water partition coefficient (Wildman–Crippen LogP) is 2.07. The van der Waals surface area contributed by atoms with Gasteiger partial charge >= 0.3 is 0 Å². The summed E-state index contributed by atoms with van der Waals surface area (Å²) in [6, 6.07) is 8.22. The van der Waals surface area contributed by atoms with Crippen LogP contribution in [0.3, 0.4) is 0 Å². The van der Waals surface area contributed by atoms with Crippen molar-refractivity contribution < 1.29 is 4.74 Å². The van der Waals surface area contributed by atoms with Gasteiger partial charge in [-0.2, -0.15) is 5.10 Å². The first-order chi connectivity index (χ1) is 6.95. The van der Waals surface area contributed by atoms with Crippen LogP contribution in [0.5, 0.6) is 0 Å². The molecule has 1 fully saturated rings. The number of aromatic nitrogens is 2. The van der Waals surface area contributed by atoms with Gasteiger partial charge in [-0.3, -0.25) is 5.10 Å². The van der Waals surface area contributed by atoms with Gasteiger partial charge in [-0.1, -0.05) is 18.2 Å². The van der Waals surface area contributed by atoms with Gasteiger partial charge in [0.2, 0.25) is 0 Å². The van der Waals surface area contributed by atoms with E-state index in [2.05, 4.69) is 22.3 Å². The average Bonchev–Trinajstić information content (AvgIpc) is 2.85. The van der Waals surface area contributed by atoms with Gasteiger partial charge in [0.1, 0.15) is 0 Å². The number of hydrogen-bond donors (Lipinski definition) is 1. The van der Waals surface area contributed by atoms with Gasteiger partial charge < -0.3 is 4.74 Å². The molecule has 3 nitrogen and oxygen atoms in total. The Morgan fingerprint density at radius 2 is 2.29 bits per heavy atom. The Balaban J connectivity index is 2.11. The maximum atomic E-state index is 5.38. The van der Waals surface area contributed by atoms with Gasteiger partial charge in [0.25, 0.3) is 0 Å². The van der Waals surface area contributed by atoms with Crippen LogP contribution >= 0.6 is 0 Å². The topological polar surface area (TPSA) is 37.9 Å². The molecule has 0 unspecified atom stereocenters. The quantitative estimate of drug-likeness (QED) is 0.743. The number of benzene rings is 1. The molecule has 0 radical (unpaired) electrons. The Morgan fingerprint density at radius 3 is 3.14 bits per heavy atom. The molecule has 3 heteroatoms. The largest absolute Gasteiger partial charge is 0.381 e. The molecule has 1 saturated heterocycles. The number of fused-ring (bicyclic) bond motifs is 1. The predicted molar refractivity (Wildman–Crippen MR) is 54.3 cm³/mol. The monoisotopic (exact) mass is 188 g/mol. The van der Waals surface area contributed by atoms with E-state index in [1.165, 1.54) is 11.1 Å². The van der Waals surface area contributed by atoms with E-state index in [0.29, 0.717) is 5.92 Å². The first-order valence-corrected chi connectivity index (χ1v) is 4.96. The van der Waals surface area contributed by atoms with Crippen molar-refractivity contribution in [3.05, 3.63) is 30.0 Å². The summed E-state index contributed by atoms with van der Waals surface area (Å²) in [6.45, 7) is 1.70. The van der Waals surface area contributed by atoms with Crippen molar-refractivity contribution in [1.29, 1.82) is 0 Å². The zero-order valence-electron chi connectivity index (χ0n) is 7.86. The molecule has 1 atom stereocenters. The van der Waals surface area contributed by atoms with Gasteiger partial charge in [0.05, 0.1) is 12.1 Å². The highest BCUT2D eigenvalue weighted by Crippen LogP contribution is 2.28. The van der Waals surface area contributed by atoms with Crippen LogP contribution in [-0.4, -0.2) is 23.4 Å². The van der Waals surface area contributed by atoms with E-state index in [-0.39, 0.29) is 0 Å². The number of H-pyrrole nitrogens is 1. The van der Waals surface area contributed by atoms with Crippen molar-refractivity contribution in [3.63, 3.8) is 0 Å². The molecule has 1 aliphatic heterocycles. The summed E-state index contributed by atoms with van der Waals surface area (Å²) in [4.78, 5) is 0. The van der Waals surface area contributed by atoms with E-state index in [1.54, 1.807) is 0 Å². The lowest BCUT2D eigenvalue weighted by Crippen LogP contribution is -1.98. The van der Waals surface area contributed by atoms with Crippen LogP contribution in [0.25, 0.3) is 10.9 Å². The SMILES string of the molecule is c1ccc2c([C@H]3CCOC3)[nH]nc2c1. The van der Waals surface area contributed by atoms with Crippen molar-refractivity contribution in [1.82, 2.24) is 10.2 Å². The molecule has 1 aromatic carbocycles. The molecule has 0 amide bonds. The lowest BCUT2D eigenvalue weighted by Gasteiger charge is -2.03. The van der Waals surface area contributed by atoms with Crippen LogP contribution in [-0.2, 0) is 4.74 Å². The van der Waals surface area contributed by atoms with Crippen molar-refractivity contribution in [3.8, 4) is 0 Å². The molecule has 0 bridgehead atoms. The van der Waals surface area contributed by atoms with E-state index in [9.17, 15) is 0 Å². The summed E-state index contributed by atoms with van der Waals surface area (Å²) < 4.78 is 5.38. The van der Waals surface area contributed by atoms with Crippen molar-refractivity contribution >= 4 is 10.9 Å². The number of nitrogens with one attached hydrogen (secondary N) is 1. The maximum absolute atomic E-state index is 5.38. The third-order valence-corrected chi connectivity index (χ3v) is 2.83. The number of aromatic amines is 1. The normalized spacial score (nSPS) is 21.9. The second-order valence-electron chi connectivity index (χ2n) is 3.71. The minimum atomic E-state index is 0.502. The zero-order valence-corrected chi connectivity index (χ0v) is 7.86. The van der Waals surface area contributed by atoms with Gasteiger partial charge in [0, 0.05) is 23.6 Å². The Hall–Kier alpha value is -1.35. The maximum Gasteiger partial charge on any atom is 0.0923 e. The minimum absolute atomic E-state index is 0.502. The van der Waals surface area contributed by atoms with Crippen molar-refractivity contribution in [2.75, 3.05) is 13.2 Å². The Morgan fingerprint density at radius 1 is 1.36 bits per heavy atom. The second kappa shape index (κ2) is 3.10. The molecule has 14 heavy (non-hydrogen) atoms. The van der Waals surface area contributed by atoms with Crippen LogP contribution in [0, 0.1) is 0 Å². The summed E-state index contributed by atoms with van der Waals surface area (Å²) in [5.74, 6) is 0.502. The fraction of sp³-hybridized carbons (Fsp3) is 0.364. The van der Waals surface area contributed by atoms with Crippen molar-refractivity contribution in [2.45, 2.75) is 12.3 Å². The van der Waals surface area contributed by atoms with E-state index < -0.39 is 0 Å². The molecule has 72 valence electrons. The van der Waals surface area contributed by atoms with E-state index >= 15 is 0 Å². The summed E-state index contributed by atoms with van der Waals surface area (Å²) >= 11 is 0. The molecule has 0 spiro atoms. The zero-order chi connectivity index (χ0) is 9.38. The third-order valence-electron chi connectivity index (χ3n) is 2.83. The Kier molecular flexibility index (Phi) is 1.77. The van der Waals surface area contributed by atoms with E-state index in [1.807, 2.05) is 12.1 Å². The number of nitrogens with zero attached hydrogens (tertiary/aromatic N) is 1. The molecule has 2 aromatic rings. The summed E-state index contributed by atoms with van der Waals surface area (Å²) in [7, 11) is 0. The van der Waals surface area contributed by atoms with Crippen LogP contribution in [0.1, 0.15) is 18.0 Å². The lowest BCUT2D eigenvalue weighted by atomic mass is 10.0. The van der Waals surface area contributed by atoms with Gasteiger partial charge in [0.15, 0.2) is 0 Å². The summed E-state index contributed by atoms with van der Waals surface area (Å²) in [6.07, 6.45) is 1.10. The van der Waals surface area contributed by atoms with Gasteiger partial charge in [-0.15, -0.1) is 0 Å². The second-order valence-corrected chi connectivity index (χ2v) is 3.71. The molecule has 3 rings (SSSR count). The van der Waals surface area contributed by atoms with Crippen LogP contribution in [0.15, 0.2) is 24.3 Å². The lowest BCUT2D eigenvalue weighted by molar-refractivity contribution is 0.193. The van der Waals surface area contributed by atoms with Crippen LogP contribution in [0.4, 0.5) is 0 Å². The fourth-order valence-corrected chi connectivity index (χ4v) is 2.05. The van der Waals surface area contributed by atoms with Gasteiger partial charge in [-0.05, 0) is 12.5 Å². The number of para-hydroxylation sites is 1. The molecule has 2 heterocycles. The highest BCUT2D eigenvalue weighted by atomic mass is 16.5. The molecule has 1 N–H and O–H groups in total. The molecule has 0 saturated carbocycles. The van der Waals surface area contributed by atoms with E-state index in [4.69, 9.17) is 4.74 Å². The molecule has 0 aliphatic carbocycles. The van der Waals surface area contributed by atoms with Gasteiger partial charge in [-0.25, -0.2) is 0 Å². The van der Waals surface area contributed by atoms with E-state index in [0.717, 1.165) is 25.2 Å². The first-order valence-electron chi connectivity index (χ1n) is 4.96. The standard InChI is InChI=1S/C11H12N2O/c1-2-4-10-9(3-1)11(13-12-10)8-5-6-14-7-8/h1-4,8H,5-7H2,(H,12,13)/t8-/m0/s1. The fourth-order valence-electron chi connectivity index (χ4n) is 2.05. The van der Waals surface area contributed by atoms with Crippen LogP contribution in [0.2, 0.25) is 0 Å². The minimum Gasteiger partial charge on any atom is -0.381 e. The Labute approximate surface area is 82.1 Å². The highest BCUT2D eigenvalue weighted by molar-refractivity contribution is 5.81. The molecular formula is C11H12N2O. The number of ether oxygens (including phenoxy) is 1. The molecule has 1 aromatic heterocycles. The summed E-state index contributed by atoms with van der Waals surface area (Å²) in [5, 5.41) is 8.65. The average molecular weight is 188 g/mol. The van der Waals surface area contributed by atoms with Crippen LogP contribution < -0.4 is 0 Å². The summed E-state index contributed by atoms with van der Waals surface area (Å²) in [5.41, 5.74) is 2.28.